The molecule has 4 N–H and O–H groups in total. The number of imide groups is 1. The molecule has 1 unspecified atom stereocenters. The van der Waals surface area contributed by atoms with Crippen LogP contribution < -0.4 is 11.1 Å². The average Bonchev–Trinajstić information content (AvgIpc) is 2.94. The quantitative estimate of drug-likeness (QED) is 0.269. The first kappa shape index (κ1) is 34.0. The lowest BCUT2D eigenvalue weighted by molar-refractivity contribution is -0.139. The second-order valence-electron chi connectivity index (χ2n) is 10.8. The van der Waals surface area contributed by atoms with Crippen LogP contribution in [-0.2, 0) is 32.3 Å². The number of carbonyl (C=O) groups is 5. The number of ether oxygens (including phenoxy) is 1. The fraction of sp³-hybridized carbons (Fsp3) is 0.452. The molecule has 0 aliphatic rings. The molecule has 2 atom stereocenters. The number of nitrogens with zero attached hydrogens (tertiary/aromatic N) is 2. The van der Waals surface area contributed by atoms with Gasteiger partial charge in [-0.3, -0.25) is 14.4 Å². The Morgan fingerprint density at radius 1 is 0.905 bits per heavy atom. The lowest BCUT2D eigenvalue weighted by Crippen LogP contribution is -2.50. The molecule has 0 aromatic heterocycles. The van der Waals surface area contributed by atoms with Crippen LogP contribution in [0.15, 0.2) is 60.7 Å². The van der Waals surface area contributed by atoms with E-state index >= 15 is 0 Å². The van der Waals surface area contributed by atoms with Crippen LogP contribution in [0.2, 0.25) is 0 Å². The van der Waals surface area contributed by atoms with Gasteiger partial charge in [0.1, 0.15) is 6.61 Å². The van der Waals surface area contributed by atoms with E-state index < -0.39 is 36.5 Å². The Kier molecular flexibility index (Phi) is 14.2. The molecule has 2 aromatic carbocycles. The number of ketones is 1. The normalized spacial score (nSPS) is 12.2. The van der Waals surface area contributed by atoms with E-state index in [2.05, 4.69) is 5.32 Å². The maximum absolute atomic E-state index is 13.3. The van der Waals surface area contributed by atoms with E-state index in [4.69, 9.17) is 15.6 Å². The fourth-order valence-electron chi connectivity index (χ4n) is 4.27. The van der Waals surface area contributed by atoms with Gasteiger partial charge in [0.25, 0.3) is 0 Å². The first-order valence-corrected chi connectivity index (χ1v) is 14.0. The highest BCUT2D eigenvalue weighted by molar-refractivity contribution is 5.99. The number of Topliss-reactive ketones (excluding diaryl/α,β-unsaturated/α-hetero) is 1. The van der Waals surface area contributed by atoms with E-state index in [-0.39, 0.29) is 50.4 Å². The summed E-state index contributed by atoms with van der Waals surface area (Å²) in [5.41, 5.74) is 7.60. The van der Waals surface area contributed by atoms with Crippen LogP contribution in [0.5, 0.6) is 0 Å². The zero-order valence-electron chi connectivity index (χ0n) is 24.5. The van der Waals surface area contributed by atoms with E-state index in [1.54, 1.807) is 24.3 Å². The molecule has 0 saturated heterocycles. The number of carboxylic acid groups (broad SMARTS) is 1. The third-order valence-electron chi connectivity index (χ3n) is 6.44. The summed E-state index contributed by atoms with van der Waals surface area (Å²) in [7, 11) is 0. The van der Waals surface area contributed by atoms with Gasteiger partial charge < -0.3 is 25.8 Å². The minimum atomic E-state index is -1.14. The molecule has 0 bridgehead atoms. The number of nitrogens with two attached hydrogens (primary N) is 1. The van der Waals surface area contributed by atoms with E-state index in [0.29, 0.717) is 18.4 Å². The van der Waals surface area contributed by atoms with Crippen molar-refractivity contribution in [3.05, 3.63) is 71.8 Å². The molecule has 0 heterocycles. The third-order valence-corrected chi connectivity index (χ3v) is 6.44. The largest absolute Gasteiger partial charge is 0.465 e. The van der Waals surface area contributed by atoms with Crippen LogP contribution in [0, 0.1) is 11.8 Å². The van der Waals surface area contributed by atoms with Gasteiger partial charge in [-0.25, -0.2) is 14.5 Å². The zero-order chi connectivity index (χ0) is 31.1. The van der Waals surface area contributed by atoms with Crippen molar-refractivity contribution in [2.45, 2.75) is 59.2 Å². The van der Waals surface area contributed by atoms with Crippen molar-refractivity contribution in [1.29, 1.82) is 0 Å². The Morgan fingerprint density at radius 2 is 1.50 bits per heavy atom. The summed E-state index contributed by atoms with van der Waals surface area (Å²) in [6, 6.07) is 17.0. The monoisotopic (exact) mass is 582 g/mol. The first-order chi connectivity index (χ1) is 20.0. The molecular weight excluding hydrogens is 540 g/mol. The second kappa shape index (κ2) is 17.5. The van der Waals surface area contributed by atoms with Crippen LogP contribution in [0.1, 0.15) is 51.2 Å². The number of hydrogen-bond donors (Lipinski definition) is 3. The van der Waals surface area contributed by atoms with Gasteiger partial charge in [-0.15, -0.1) is 0 Å². The molecule has 11 nitrogen and oxygen atoms in total. The summed E-state index contributed by atoms with van der Waals surface area (Å²) in [5.74, 6) is -1.65. The SMILES string of the molecule is CC(C)C[C@H](N)C(=O)N(CC(=O)CN(Cc1ccccc1)C(=O)CC(C)CCNC(=O)O)C(=O)OCc1ccccc1. The number of benzene rings is 2. The van der Waals surface area contributed by atoms with Crippen LogP contribution in [0.4, 0.5) is 9.59 Å². The molecule has 2 aromatic rings. The standard InChI is InChI=1S/C31H42N4O7/c1-22(2)16-27(32)29(38)35(31(41)42-21-25-12-8-5-9-13-25)20-26(36)19-34(18-24-10-6-4-7-11-24)28(37)17-23(3)14-15-33-30(39)40/h4-13,22-23,27,33H,14-21,32H2,1-3H3,(H,39,40)/t23?,27-/m0/s1. The van der Waals surface area contributed by atoms with E-state index in [1.165, 1.54) is 4.90 Å². The summed E-state index contributed by atoms with van der Waals surface area (Å²) in [6.45, 7) is 4.90. The Bertz CT molecular complexity index is 1170. The molecule has 0 spiro atoms. The molecule has 42 heavy (non-hydrogen) atoms. The lowest BCUT2D eigenvalue weighted by Gasteiger charge is -2.27. The maximum Gasteiger partial charge on any atom is 0.417 e. The lowest BCUT2D eigenvalue weighted by atomic mass is 10.0. The third kappa shape index (κ3) is 12.5. The fourth-order valence-corrected chi connectivity index (χ4v) is 4.27. The van der Waals surface area contributed by atoms with Crippen LogP contribution in [-0.4, -0.2) is 70.4 Å². The summed E-state index contributed by atoms with van der Waals surface area (Å²) >= 11 is 0. The Morgan fingerprint density at radius 3 is 2.07 bits per heavy atom. The van der Waals surface area contributed by atoms with Gasteiger partial charge in [-0.1, -0.05) is 81.4 Å². The van der Waals surface area contributed by atoms with Gasteiger partial charge >= 0.3 is 12.2 Å². The van der Waals surface area contributed by atoms with Gasteiger partial charge in [-0.05, 0) is 35.8 Å². The van der Waals surface area contributed by atoms with E-state index in [0.717, 1.165) is 10.5 Å². The van der Waals surface area contributed by atoms with Crippen molar-refractivity contribution in [1.82, 2.24) is 15.1 Å². The van der Waals surface area contributed by atoms with E-state index in [9.17, 15) is 24.0 Å². The van der Waals surface area contributed by atoms with Crippen LogP contribution in [0.3, 0.4) is 0 Å². The highest BCUT2D eigenvalue weighted by atomic mass is 16.6. The smallest absolute Gasteiger partial charge is 0.417 e. The Labute approximate surface area is 247 Å². The average molecular weight is 583 g/mol. The van der Waals surface area contributed by atoms with Crippen molar-refractivity contribution in [3.63, 3.8) is 0 Å². The number of nitrogens with one attached hydrogen (secondary N) is 1. The number of carbonyl (C=O) groups excluding carboxylic acids is 4. The van der Waals surface area contributed by atoms with Crippen molar-refractivity contribution in [3.8, 4) is 0 Å². The number of hydrogen-bond acceptors (Lipinski definition) is 7. The van der Waals surface area contributed by atoms with Gasteiger partial charge in [0.05, 0.1) is 19.1 Å². The molecule has 0 aliphatic carbocycles. The van der Waals surface area contributed by atoms with Crippen LogP contribution in [0.25, 0.3) is 0 Å². The molecule has 11 heteroatoms. The molecule has 228 valence electrons. The topological polar surface area (TPSA) is 159 Å². The van der Waals surface area contributed by atoms with Crippen molar-refractivity contribution in [2.24, 2.45) is 17.6 Å². The Hall–Kier alpha value is -4.25. The predicted molar refractivity (Wildman–Crippen MR) is 157 cm³/mol. The predicted octanol–water partition coefficient (Wildman–Crippen LogP) is 3.81. The maximum atomic E-state index is 13.3. The number of amides is 4. The molecule has 0 saturated carbocycles. The van der Waals surface area contributed by atoms with Gasteiger partial charge in [0.15, 0.2) is 5.78 Å². The second-order valence-corrected chi connectivity index (χ2v) is 10.8. The number of rotatable bonds is 16. The van der Waals surface area contributed by atoms with Crippen molar-refractivity contribution < 1.29 is 33.8 Å². The molecule has 0 fully saturated rings. The van der Waals surface area contributed by atoms with Crippen LogP contribution >= 0.6 is 0 Å². The molecule has 0 aliphatic heterocycles. The molecule has 4 amide bonds. The van der Waals surface area contributed by atoms with Crippen molar-refractivity contribution in [2.75, 3.05) is 19.6 Å². The molecule has 2 rings (SSSR count). The summed E-state index contributed by atoms with van der Waals surface area (Å²) < 4.78 is 5.35. The van der Waals surface area contributed by atoms with Gasteiger partial charge in [0.2, 0.25) is 11.8 Å². The zero-order valence-corrected chi connectivity index (χ0v) is 24.5. The summed E-state index contributed by atoms with van der Waals surface area (Å²) in [5, 5.41) is 11.1. The highest BCUT2D eigenvalue weighted by Crippen LogP contribution is 2.14. The Balaban J connectivity index is 2.17. The summed E-state index contributed by atoms with van der Waals surface area (Å²) in [4.78, 5) is 65.7. The minimum Gasteiger partial charge on any atom is -0.465 e. The molecule has 0 radical (unpaired) electrons. The van der Waals surface area contributed by atoms with Gasteiger partial charge in [0, 0.05) is 19.5 Å². The van der Waals surface area contributed by atoms with Gasteiger partial charge in [-0.2, -0.15) is 0 Å². The van der Waals surface area contributed by atoms with Crippen molar-refractivity contribution >= 4 is 29.8 Å². The van der Waals surface area contributed by atoms with E-state index in [1.807, 2.05) is 57.2 Å². The minimum absolute atomic E-state index is 0.0773. The first-order valence-electron chi connectivity index (χ1n) is 14.0. The molecular formula is C31H42N4O7. The summed E-state index contributed by atoms with van der Waals surface area (Å²) in [6.07, 6.45) is -1.30. The highest BCUT2D eigenvalue weighted by Gasteiger charge is 2.31.